The van der Waals surface area contributed by atoms with Gasteiger partial charge in [-0.15, -0.1) is 6.58 Å². The average Bonchev–Trinajstić information content (AvgIpc) is 2.23. The van der Waals surface area contributed by atoms with Gasteiger partial charge < -0.3 is 11.1 Å². The molecule has 1 aromatic carbocycles. The summed E-state index contributed by atoms with van der Waals surface area (Å²) in [6.45, 7) is 3.42. The van der Waals surface area contributed by atoms with Gasteiger partial charge >= 0.3 is 0 Å². The van der Waals surface area contributed by atoms with Gasteiger partial charge in [0.25, 0.3) is 0 Å². The lowest BCUT2D eigenvalue weighted by Gasteiger charge is -2.11. The topological polar surface area (TPSA) is 55.1 Å². The molecule has 0 spiro atoms. The van der Waals surface area contributed by atoms with E-state index in [0.717, 1.165) is 12.1 Å². The molecule has 0 aliphatic carbocycles. The molecule has 1 aromatic rings. The van der Waals surface area contributed by atoms with Gasteiger partial charge in [0.1, 0.15) is 5.69 Å². The van der Waals surface area contributed by atoms with Crippen molar-refractivity contribution in [2.45, 2.75) is 12.5 Å². The summed E-state index contributed by atoms with van der Waals surface area (Å²) in [5.74, 6) is -2.39. The Bertz CT molecular complexity index is 428. The molecule has 1 unspecified atom stereocenters. The molecule has 3 N–H and O–H groups in total. The molecule has 3 nitrogen and oxygen atoms in total. The van der Waals surface area contributed by atoms with E-state index in [1.165, 1.54) is 6.08 Å². The van der Waals surface area contributed by atoms with Gasteiger partial charge in [0.2, 0.25) is 5.91 Å². The number of hydrogen-bond acceptors (Lipinski definition) is 2. The molecular weight excluding hydrogens is 294 g/mol. The third kappa shape index (κ3) is 3.61. The molecule has 6 heteroatoms. The van der Waals surface area contributed by atoms with Gasteiger partial charge in [-0.2, -0.15) is 0 Å². The first-order chi connectivity index (χ1) is 7.95. The third-order valence-electron chi connectivity index (χ3n) is 2.01. The van der Waals surface area contributed by atoms with Gasteiger partial charge in [-0.25, -0.2) is 8.78 Å². The number of nitrogens with one attached hydrogen (secondary N) is 1. The minimum atomic E-state index is -0.880. The average molecular weight is 305 g/mol. The smallest absolute Gasteiger partial charge is 0.241 e. The Morgan fingerprint density at radius 1 is 1.53 bits per heavy atom. The largest absolute Gasteiger partial charge is 0.320 e. The molecule has 0 aliphatic rings. The van der Waals surface area contributed by atoms with Gasteiger partial charge in [0.15, 0.2) is 11.6 Å². The highest BCUT2D eigenvalue weighted by Gasteiger charge is 2.17. The third-order valence-corrected chi connectivity index (χ3v) is 2.47. The van der Waals surface area contributed by atoms with Crippen molar-refractivity contribution in [2.24, 2.45) is 5.73 Å². The highest BCUT2D eigenvalue weighted by Crippen LogP contribution is 2.23. The van der Waals surface area contributed by atoms with Crippen LogP contribution >= 0.6 is 15.9 Å². The van der Waals surface area contributed by atoms with E-state index in [4.69, 9.17) is 5.73 Å². The standard InChI is InChI=1S/C11H11BrF2N2O/c1-2-3-9(15)11(17)16-10-7(13)4-6(12)5-8(10)14/h2,4-5,9H,1,3,15H2,(H,16,17). The van der Waals surface area contributed by atoms with E-state index >= 15 is 0 Å². The predicted molar refractivity (Wildman–Crippen MR) is 65.5 cm³/mol. The first kappa shape index (κ1) is 13.8. The SMILES string of the molecule is C=CCC(N)C(=O)Nc1c(F)cc(Br)cc1F. The van der Waals surface area contributed by atoms with Crippen LogP contribution in [0.15, 0.2) is 29.3 Å². The van der Waals surface area contributed by atoms with Crippen LogP contribution in [0, 0.1) is 11.6 Å². The van der Waals surface area contributed by atoms with Crippen LogP contribution in [0.25, 0.3) is 0 Å². The number of rotatable bonds is 4. The summed E-state index contributed by atoms with van der Waals surface area (Å²) < 4.78 is 27.0. The second-order valence-corrected chi connectivity index (χ2v) is 4.28. The Balaban J connectivity index is 2.88. The number of nitrogens with two attached hydrogens (primary N) is 1. The lowest BCUT2D eigenvalue weighted by Crippen LogP contribution is -2.35. The minimum absolute atomic E-state index is 0.228. The molecule has 0 aliphatic heterocycles. The highest BCUT2D eigenvalue weighted by molar-refractivity contribution is 9.10. The summed E-state index contributed by atoms with van der Waals surface area (Å²) in [5, 5.41) is 2.11. The van der Waals surface area contributed by atoms with Crippen LogP contribution in [-0.2, 0) is 4.79 Å². The number of carbonyl (C=O) groups is 1. The van der Waals surface area contributed by atoms with Crippen molar-refractivity contribution >= 4 is 27.5 Å². The number of benzene rings is 1. The lowest BCUT2D eigenvalue weighted by molar-refractivity contribution is -0.117. The Labute approximate surface area is 106 Å². The van der Waals surface area contributed by atoms with E-state index in [1.807, 2.05) is 0 Å². The summed E-state index contributed by atoms with van der Waals surface area (Å²) in [6, 6.07) is 1.23. The van der Waals surface area contributed by atoms with Crippen LogP contribution in [-0.4, -0.2) is 11.9 Å². The molecule has 0 aromatic heterocycles. The second-order valence-electron chi connectivity index (χ2n) is 3.36. The summed E-state index contributed by atoms with van der Waals surface area (Å²) in [5.41, 5.74) is 4.97. The van der Waals surface area contributed by atoms with Crippen LogP contribution in [0.1, 0.15) is 6.42 Å². The molecule has 0 saturated heterocycles. The van der Waals surface area contributed by atoms with Crippen LogP contribution in [0.5, 0.6) is 0 Å². The fourth-order valence-electron chi connectivity index (χ4n) is 1.16. The summed E-state index contributed by atoms with van der Waals surface area (Å²) in [7, 11) is 0. The van der Waals surface area contributed by atoms with Crippen LogP contribution in [0.4, 0.5) is 14.5 Å². The van der Waals surface area contributed by atoms with Crippen LogP contribution in [0.3, 0.4) is 0 Å². The summed E-state index contributed by atoms with van der Waals surface area (Å²) >= 11 is 2.94. The molecule has 0 heterocycles. The maximum Gasteiger partial charge on any atom is 0.241 e. The number of anilines is 1. The van der Waals surface area contributed by atoms with Crippen molar-refractivity contribution in [1.82, 2.24) is 0 Å². The fourth-order valence-corrected chi connectivity index (χ4v) is 1.57. The van der Waals surface area contributed by atoms with Crippen molar-refractivity contribution < 1.29 is 13.6 Å². The van der Waals surface area contributed by atoms with E-state index in [-0.39, 0.29) is 10.9 Å². The van der Waals surface area contributed by atoms with Crippen LogP contribution in [0.2, 0.25) is 0 Å². The van der Waals surface area contributed by atoms with E-state index in [2.05, 4.69) is 27.8 Å². The molecule has 0 fully saturated rings. The molecule has 92 valence electrons. The highest BCUT2D eigenvalue weighted by atomic mass is 79.9. The van der Waals surface area contributed by atoms with Crippen molar-refractivity contribution in [2.75, 3.05) is 5.32 Å². The summed E-state index contributed by atoms with van der Waals surface area (Å²) in [6.07, 6.45) is 1.68. The Kier molecular flexibility index (Phi) is 4.77. The van der Waals surface area contributed by atoms with Crippen LogP contribution < -0.4 is 11.1 Å². The lowest BCUT2D eigenvalue weighted by atomic mass is 10.2. The first-order valence-corrected chi connectivity index (χ1v) is 5.57. The molecule has 1 atom stereocenters. The zero-order valence-electron chi connectivity index (χ0n) is 8.84. The van der Waals surface area contributed by atoms with E-state index in [9.17, 15) is 13.6 Å². The van der Waals surface area contributed by atoms with Crippen molar-refractivity contribution in [3.05, 3.63) is 40.9 Å². The monoisotopic (exact) mass is 304 g/mol. The number of amides is 1. The maximum atomic E-state index is 13.4. The Morgan fingerprint density at radius 2 is 2.06 bits per heavy atom. The summed E-state index contributed by atoms with van der Waals surface area (Å²) in [4.78, 5) is 11.5. The van der Waals surface area contributed by atoms with E-state index < -0.39 is 29.3 Å². The fraction of sp³-hybridized carbons (Fsp3) is 0.182. The zero-order valence-corrected chi connectivity index (χ0v) is 10.4. The van der Waals surface area contributed by atoms with Gasteiger partial charge in [-0.05, 0) is 18.6 Å². The zero-order chi connectivity index (χ0) is 13.0. The van der Waals surface area contributed by atoms with Crippen molar-refractivity contribution in [3.8, 4) is 0 Å². The van der Waals surface area contributed by atoms with Crippen molar-refractivity contribution in [1.29, 1.82) is 0 Å². The Morgan fingerprint density at radius 3 is 2.53 bits per heavy atom. The first-order valence-electron chi connectivity index (χ1n) is 4.77. The number of hydrogen-bond donors (Lipinski definition) is 2. The molecule has 0 saturated carbocycles. The Hall–Kier alpha value is -1.27. The maximum absolute atomic E-state index is 13.4. The number of halogens is 3. The number of carbonyl (C=O) groups excluding carboxylic acids is 1. The van der Waals surface area contributed by atoms with Crippen molar-refractivity contribution in [3.63, 3.8) is 0 Å². The predicted octanol–water partition coefficient (Wildman–Crippen LogP) is 2.57. The van der Waals surface area contributed by atoms with Gasteiger partial charge in [-0.3, -0.25) is 4.79 Å². The van der Waals surface area contributed by atoms with E-state index in [1.54, 1.807) is 0 Å². The quantitative estimate of drug-likeness (QED) is 0.840. The van der Waals surface area contributed by atoms with Gasteiger partial charge in [0, 0.05) is 4.47 Å². The molecule has 1 rings (SSSR count). The molecule has 17 heavy (non-hydrogen) atoms. The van der Waals surface area contributed by atoms with E-state index in [0.29, 0.717) is 0 Å². The second kappa shape index (κ2) is 5.88. The normalized spacial score (nSPS) is 12.0. The van der Waals surface area contributed by atoms with Gasteiger partial charge in [0.05, 0.1) is 6.04 Å². The minimum Gasteiger partial charge on any atom is -0.320 e. The molecule has 0 radical (unpaired) electrons. The molecule has 0 bridgehead atoms. The molecule has 1 amide bonds. The van der Waals surface area contributed by atoms with Gasteiger partial charge in [-0.1, -0.05) is 22.0 Å². The molecular formula is C11H11BrF2N2O.